The molecule has 8 heteroatoms. The highest BCUT2D eigenvalue weighted by atomic mass is 16.2. The molecule has 2 amide bonds. The summed E-state index contributed by atoms with van der Waals surface area (Å²) in [6, 6.07) is 4.70. The second-order valence-electron chi connectivity index (χ2n) is 5.74. The molecule has 0 aliphatic carbocycles. The number of aromatic amines is 1. The van der Waals surface area contributed by atoms with Crippen molar-refractivity contribution in [1.82, 2.24) is 20.9 Å². The quantitative estimate of drug-likeness (QED) is 0.530. The topological polar surface area (TPSA) is 127 Å². The molecule has 0 spiro atoms. The Bertz CT molecular complexity index is 679. The van der Waals surface area contributed by atoms with Crippen molar-refractivity contribution in [2.45, 2.75) is 31.8 Å². The molecule has 4 N–H and O–H groups in total. The lowest BCUT2D eigenvalue weighted by Crippen LogP contribution is -2.44. The third kappa shape index (κ3) is 5.21. The SMILES string of the molecule is N#C[C@H](C[C@@H]1CCCNC1=O)NC(=O)CNCc1ccc[nH]c1=O. The minimum atomic E-state index is -0.701. The van der Waals surface area contributed by atoms with Gasteiger partial charge in [0.15, 0.2) is 0 Å². The van der Waals surface area contributed by atoms with E-state index in [9.17, 15) is 14.4 Å². The van der Waals surface area contributed by atoms with Gasteiger partial charge in [-0.05, 0) is 25.3 Å². The van der Waals surface area contributed by atoms with Crippen molar-refractivity contribution >= 4 is 11.8 Å². The van der Waals surface area contributed by atoms with Gasteiger partial charge in [0.2, 0.25) is 11.8 Å². The predicted octanol–water partition coefficient (Wildman–Crippen LogP) is -0.611. The summed E-state index contributed by atoms with van der Waals surface area (Å²) in [6.45, 7) is 0.913. The second-order valence-corrected chi connectivity index (χ2v) is 5.74. The smallest absolute Gasteiger partial charge is 0.252 e. The van der Waals surface area contributed by atoms with E-state index < -0.39 is 6.04 Å². The van der Waals surface area contributed by atoms with E-state index in [0.717, 1.165) is 12.8 Å². The van der Waals surface area contributed by atoms with Crippen molar-refractivity contribution in [3.63, 3.8) is 0 Å². The molecule has 1 fully saturated rings. The predicted molar refractivity (Wildman–Crippen MR) is 86.7 cm³/mol. The van der Waals surface area contributed by atoms with Crippen LogP contribution in [0.15, 0.2) is 23.1 Å². The first kappa shape index (κ1) is 17.7. The second kappa shape index (κ2) is 8.84. The van der Waals surface area contributed by atoms with Gasteiger partial charge in [-0.15, -0.1) is 0 Å². The number of carbonyl (C=O) groups is 2. The largest absolute Gasteiger partial charge is 0.356 e. The van der Waals surface area contributed by atoms with Crippen LogP contribution in [-0.2, 0) is 16.1 Å². The Hall–Kier alpha value is -2.66. The van der Waals surface area contributed by atoms with E-state index in [-0.39, 0.29) is 36.4 Å². The molecule has 0 radical (unpaired) electrons. The number of H-pyrrole nitrogens is 1. The van der Waals surface area contributed by atoms with Crippen LogP contribution < -0.4 is 21.5 Å². The van der Waals surface area contributed by atoms with Gasteiger partial charge in [0, 0.05) is 30.8 Å². The highest BCUT2D eigenvalue weighted by molar-refractivity contribution is 5.80. The Morgan fingerprint density at radius 1 is 1.46 bits per heavy atom. The average molecular weight is 331 g/mol. The van der Waals surface area contributed by atoms with Crippen LogP contribution in [0.25, 0.3) is 0 Å². The highest BCUT2D eigenvalue weighted by Gasteiger charge is 2.26. The standard InChI is InChI=1S/C16H21N5O3/c17-8-13(7-11-3-1-5-19-15(11)23)21-14(22)10-18-9-12-4-2-6-20-16(12)24/h2,4,6,11,13,18H,1,3,5,7,9-10H2,(H,19,23)(H,20,24)(H,21,22)/t11-,13-/m0/s1. The van der Waals surface area contributed by atoms with E-state index in [2.05, 4.69) is 20.9 Å². The molecule has 0 saturated carbocycles. The lowest BCUT2D eigenvalue weighted by atomic mass is 9.92. The third-order valence-electron chi connectivity index (χ3n) is 3.91. The summed E-state index contributed by atoms with van der Waals surface area (Å²) < 4.78 is 0. The van der Waals surface area contributed by atoms with Gasteiger partial charge in [-0.25, -0.2) is 0 Å². The van der Waals surface area contributed by atoms with Gasteiger partial charge in [0.25, 0.3) is 5.56 Å². The number of hydrogen-bond acceptors (Lipinski definition) is 5. The van der Waals surface area contributed by atoms with Crippen LogP contribution in [0, 0.1) is 17.2 Å². The van der Waals surface area contributed by atoms with Crippen molar-refractivity contribution in [2.75, 3.05) is 13.1 Å². The van der Waals surface area contributed by atoms with Gasteiger partial charge in [0.05, 0.1) is 12.6 Å². The molecule has 0 aromatic carbocycles. The van der Waals surface area contributed by atoms with Gasteiger partial charge in [-0.1, -0.05) is 6.07 Å². The maximum atomic E-state index is 11.9. The summed E-state index contributed by atoms with van der Waals surface area (Å²) in [4.78, 5) is 37.7. The number of aromatic nitrogens is 1. The summed E-state index contributed by atoms with van der Waals surface area (Å²) in [5.74, 6) is -0.637. The van der Waals surface area contributed by atoms with E-state index in [1.807, 2.05) is 6.07 Å². The van der Waals surface area contributed by atoms with E-state index in [0.29, 0.717) is 18.5 Å². The summed E-state index contributed by atoms with van der Waals surface area (Å²) >= 11 is 0. The van der Waals surface area contributed by atoms with Crippen molar-refractivity contribution < 1.29 is 9.59 Å². The van der Waals surface area contributed by atoms with E-state index in [1.54, 1.807) is 12.1 Å². The fourth-order valence-electron chi connectivity index (χ4n) is 2.64. The van der Waals surface area contributed by atoms with Crippen LogP contribution in [-0.4, -0.2) is 35.9 Å². The van der Waals surface area contributed by atoms with Crippen molar-refractivity contribution in [1.29, 1.82) is 5.26 Å². The van der Waals surface area contributed by atoms with Crippen LogP contribution in [0.4, 0.5) is 0 Å². The van der Waals surface area contributed by atoms with E-state index in [1.165, 1.54) is 6.20 Å². The van der Waals surface area contributed by atoms with Crippen LogP contribution in [0.5, 0.6) is 0 Å². The minimum Gasteiger partial charge on any atom is -0.356 e. The molecule has 8 nitrogen and oxygen atoms in total. The zero-order chi connectivity index (χ0) is 17.4. The lowest BCUT2D eigenvalue weighted by Gasteiger charge is -2.23. The fourth-order valence-corrected chi connectivity index (χ4v) is 2.64. The molecule has 1 aliphatic heterocycles. The van der Waals surface area contributed by atoms with Gasteiger partial charge in [-0.2, -0.15) is 5.26 Å². The van der Waals surface area contributed by atoms with Crippen LogP contribution >= 0.6 is 0 Å². The monoisotopic (exact) mass is 331 g/mol. The molecular weight excluding hydrogens is 310 g/mol. The normalized spacial score (nSPS) is 18.3. The van der Waals surface area contributed by atoms with Crippen molar-refractivity contribution in [3.05, 3.63) is 34.2 Å². The fraction of sp³-hybridized carbons (Fsp3) is 0.500. The molecule has 128 valence electrons. The average Bonchev–Trinajstić information content (AvgIpc) is 2.58. The number of piperidine rings is 1. The number of carbonyl (C=O) groups excluding carboxylic acids is 2. The Balaban J connectivity index is 1.75. The summed E-state index contributed by atoms with van der Waals surface area (Å²) in [5, 5.41) is 17.4. The molecule has 1 aliphatic rings. The van der Waals surface area contributed by atoms with E-state index >= 15 is 0 Å². The van der Waals surface area contributed by atoms with Gasteiger partial charge < -0.3 is 20.9 Å². The lowest BCUT2D eigenvalue weighted by molar-refractivity contribution is -0.127. The van der Waals surface area contributed by atoms with Crippen molar-refractivity contribution in [2.24, 2.45) is 5.92 Å². The zero-order valence-electron chi connectivity index (χ0n) is 13.3. The first-order chi connectivity index (χ1) is 11.6. The Morgan fingerprint density at radius 2 is 2.29 bits per heavy atom. The molecule has 2 atom stereocenters. The molecule has 2 rings (SSSR count). The molecule has 0 bridgehead atoms. The van der Waals surface area contributed by atoms with Crippen LogP contribution in [0.2, 0.25) is 0 Å². The van der Waals surface area contributed by atoms with Gasteiger partial charge in [0.1, 0.15) is 6.04 Å². The molecule has 1 aromatic rings. The number of amides is 2. The first-order valence-corrected chi connectivity index (χ1v) is 7.94. The molecule has 1 aromatic heterocycles. The Kier molecular flexibility index (Phi) is 6.51. The number of pyridine rings is 1. The van der Waals surface area contributed by atoms with Crippen LogP contribution in [0.1, 0.15) is 24.8 Å². The maximum Gasteiger partial charge on any atom is 0.252 e. The number of nitriles is 1. The number of rotatable bonds is 7. The highest BCUT2D eigenvalue weighted by Crippen LogP contribution is 2.17. The third-order valence-corrected chi connectivity index (χ3v) is 3.91. The molecule has 0 unspecified atom stereocenters. The Labute approximate surface area is 139 Å². The van der Waals surface area contributed by atoms with E-state index in [4.69, 9.17) is 5.26 Å². The van der Waals surface area contributed by atoms with Crippen molar-refractivity contribution in [3.8, 4) is 6.07 Å². The minimum absolute atomic E-state index is 0.0105. The molecular formula is C16H21N5O3. The van der Waals surface area contributed by atoms with Gasteiger partial charge in [-0.3, -0.25) is 14.4 Å². The summed E-state index contributed by atoms with van der Waals surface area (Å²) in [7, 11) is 0. The maximum absolute atomic E-state index is 11.9. The molecule has 2 heterocycles. The number of hydrogen-bond donors (Lipinski definition) is 4. The summed E-state index contributed by atoms with van der Waals surface area (Å²) in [5.41, 5.74) is 0.324. The summed E-state index contributed by atoms with van der Waals surface area (Å²) in [6.07, 6.45) is 3.47. The first-order valence-electron chi connectivity index (χ1n) is 7.94. The zero-order valence-corrected chi connectivity index (χ0v) is 13.3. The number of nitrogens with one attached hydrogen (secondary N) is 4. The molecule has 1 saturated heterocycles. The van der Waals surface area contributed by atoms with Gasteiger partial charge >= 0.3 is 0 Å². The number of nitrogens with zero attached hydrogens (tertiary/aromatic N) is 1. The molecule has 24 heavy (non-hydrogen) atoms. The Morgan fingerprint density at radius 3 is 3.00 bits per heavy atom. The van der Waals surface area contributed by atoms with Crippen LogP contribution in [0.3, 0.4) is 0 Å².